The molecule has 8 heteroatoms. The molecule has 2 aliphatic rings. The topological polar surface area (TPSA) is 84.3 Å². The van der Waals surface area contributed by atoms with Crippen molar-refractivity contribution < 1.29 is 13.2 Å². The lowest BCUT2D eigenvalue weighted by Crippen LogP contribution is -2.50. The van der Waals surface area contributed by atoms with E-state index in [0.29, 0.717) is 19.5 Å². The largest absolute Gasteiger partial charge is 0.341 e. The highest BCUT2D eigenvalue weighted by Gasteiger charge is 2.34. The van der Waals surface area contributed by atoms with Gasteiger partial charge in [0.05, 0.1) is 17.4 Å². The van der Waals surface area contributed by atoms with E-state index in [0.717, 1.165) is 49.1 Å². The molecule has 7 nitrogen and oxygen atoms in total. The summed E-state index contributed by atoms with van der Waals surface area (Å²) >= 11 is 0. The maximum atomic E-state index is 12.8. The molecule has 0 bridgehead atoms. The number of likely N-dealkylation sites (tertiary alicyclic amines) is 1. The van der Waals surface area contributed by atoms with Crippen LogP contribution < -0.4 is 4.72 Å². The summed E-state index contributed by atoms with van der Waals surface area (Å²) in [6.07, 6.45) is 5.67. The first-order valence-corrected chi connectivity index (χ1v) is 11.1. The van der Waals surface area contributed by atoms with Crippen LogP contribution >= 0.6 is 0 Å². The van der Waals surface area contributed by atoms with Crippen LogP contribution in [0, 0.1) is 13.8 Å². The van der Waals surface area contributed by atoms with Crippen LogP contribution in [0.5, 0.6) is 0 Å². The van der Waals surface area contributed by atoms with Gasteiger partial charge in [-0.2, -0.15) is 5.10 Å². The van der Waals surface area contributed by atoms with Crippen molar-refractivity contribution in [3.8, 4) is 0 Å². The molecule has 1 aromatic heterocycles. The molecule has 146 valence electrons. The lowest BCUT2D eigenvalue weighted by molar-refractivity contribution is -0.131. The van der Waals surface area contributed by atoms with Crippen molar-refractivity contribution in [2.45, 2.75) is 70.1 Å². The molecule has 3 rings (SSSR count). The highest BCUT2D eigenvalue weighted by atomic mass is 32.2. The molecule has 0 spiro atoms. The van der Waals surface area contributed by atoms with Crippen molar-refractivity contribution >= 4 is 15.9 Å². The van der Waals surface area contributed by atoms with Gasteiger partial charge in [0.25, 0.3) is 0 Å². The number of amides is 1. The molecule has 1 atom stereocenters. The van der Waals surface area contributed by atoms with E-state index in [9.17, 15) is 13.2 Å². The van der Waals surface area contributed by atoms with Gasteiger partial charge in [-0.05, 0) is 39.5 Å². The molecule has 1 aliphatic carbocycles. The first-order chi connectivity index (χ1) is 12.3. The van der Waals surface area contributed by atoms with Gasteiger partial charge in [-0.1, -0.05) is 12.8 Å². The van der Waals surface area contributed by atoms with E-state index in [4.69, 9.17) is 0 Å². The van der Waals surface area contributed by atoms with Gasteiger partial charge in [0.15, 0.2) is 0 Å². The minimum absolute atomic E-state index is 0.00929. The molecule has 0 aromatic carbocycles. The van der Waals surface area contributed by atoms with Gasteiger partial charge < -0.3 is 4.90 Å². The summed E-state index contributed by atoms with van der Waals surface area (Å²) in [7, 11) is -1.51. The Labute approximate surface area is 156 Å². The second-order valence-corrected chi connectivity index (χ2v) is 9.69. The Kier molecular flexibility index (Phi) is 5.72. The highest BCUT2D eigenvalue weighted by molar-refractivity contribution is 7.90. The molecule has 2 heterocycles. The Morgan fingerprint density at radius 3 is 2.50 bits per heavy atom. The van der Waals surface area contributed by atoms with Gasteiger partial charge in [-0.15, -0.1) is 0 Å². The number of piperidine rings is 1. The molecule has 2 fully saturated rings. The number of hydrogen-bond acceptors (Lipinski definition) is 4. The fourth-order valence-electron chi connectivity index (χ4n) is 4.13. The number of aromatic nitrogens is 2. The van der Waals surface area contributed by atoms with Crippen LogP contribution in [0.3, 0.4) is 0 Å². The van der Waals surface area contributed by atoms with Gasteiger partial charge in [-0.25, -0.2) is 13.1 Å². The van der Waals surface area contributed by atoms with E-state index in [2.05, 4.69) is 9.82 Å². The summed E-state index contributed by atoms with van der Waals surface area (Å²) in [5.74, 6) is -0.00929. The minimum atomic E-state index is -3.38. The summed E-state index contributed by atoms with van der Waals surface area (Å²) in [5, 5.41) is 3.86. The number of sulfonamides is 1. The molecular formula is C18H30N4O3S. The molecule has 26 heavy (non-hydrogen) atoms. The number of rotatable bonds is 5. The average molecular weight is 383 g/mol. The van der Waals surface area contributed by atoms with E-state index in [-0.39, 0.29) is 18.4 Å². The number of nitrogens with zero attached hydrogens (tertiary/aromatic N) is 3. The van der Waals surface area contributed by atoms with Crippen LogP contribution in [0.25, 0.3) is 0 Å². The molecule has 0 radical (unpaired) electrons. The van der Waals surface area contributed by atoms with Gasteiger partial charge in [0.1, 0.15) is 0 Å². The molecule has 0 unspecified atom stereocenters. The Morgan fingerprint density at radius 1 is 1.19 bits per heavy atom. The Balaban J connectivity index is 1.64. The first kappa shape index (κ1) is 19.4. The Morgan fingerprint density at radius 2 is 1.88 bits per heavy atom. The highest BCUT2D eigenvalue weighted by Crippen LogP contribution is 2.23. The predicted molar refractivity (Wildman–Crippen MR) is 100 cm³/mol. The van der Waals surface area contributed by atoms with Crippen LogP contribution in [-0.4, -0.2) is 53.4 Å². The van der Waals surface area contributed by atoms with Crippen LogP contribution in [0.2, 0.25) is 0 Å². The van der Waals surface area contributed by atoms with Gasteiger partial charge in [-0.3, -0.25) is 9.48 Å². The molecule has 1 aromatic rings. The summed E-state index contributed by atoms with van der Waals surface area (Å²) in [5.41, 5.74) is 2.80. The minimum Gasteiger partial charge on any atom is -0.341 e. The van der Waals surface area contributed by atoms with E-state index in [1.807, 2.05) is 20.9 Å². The van der Waals surface area contributed by atoms with Crippen molar-refractivity contribution in [2.24, 2.45) is 7.05 Å². The summed E-state index contributed by atoms with van der Waals surface area (Å²) in [6, 6.07) is 0.0757. The zero-order valence-corrected chi connectivity index (χ0v) is 16.8. The number of aryl methyl sites for hydroxylation is 2. The maximum absolute atomic E-state index is 12.8. The van der Waals surface area contributed by atoms with Gasteiger partial charge in [0.2, 0.25) is 15.9 Å². The van der Waals surface area contributed by atoms with Crippen molar-refractivity contribution in [3.63, 3.8) is 0 Å². The normalized spacial score (nSPS) is 22.1. The lowest BCUT2D eigenvalue weighted by atomic mass is 10.1. The average Bonchev–Trinajstić information content (AvgIpc) is 3.18. The third-order valence-electron chi connectivity index (χ3n) is 5.84. The van der Waals surface area contributed by atoms with E-state index < -0.39 is 15.3 Å². The molecule has 1 amide bonds. The zero-order valence-electron chi connectivity index (χ0n) is 16.0. The molecule has 1 aliphatic heterocycles. The lowest BCUT2D eigenvalue weighted by Gasteiger charge is -2.33. The molecule has 1 saturated carbocycles. The smallest absolute Gasteiger partial charge is 0.227 e. The SMILES string of the molecule is Cc1nn(C)c(C)c1CC(=O)N1CCC[C@@H](S(=O)(=O)NC2CCCC2)C1. The van der Waals surface area contributed by atoms with Crippen molar-refractivity contribution in [2.75, 3.05) is 13.1 Å². The van der Waals surface area contributed by atoms with Crippen molar-refractivity contribution in [1.82, 2.24) is 19.4 Å². The maximum Gasteiger partial charge on any atom is 0.227 e. The summed E-state index contributed by atoms with van der Waals surface area (Å²) < 4.78 is 30.1. The number of nitrogens with one attached hydrogen (secondary N) is 1. The standard InChI is InChI=1S/C18H30N4O3S/c1-13-17(14(2)21(3)19-13)11-18(23)22-10-6-9-16(12-22)26(24,25)20-15-7-4-5-8-15/h15-16,20H,4-12H2,1-3H3/t16-/m1/s1. The first-order valence-electron chi connectivity index (χ1n) is 9.56. The summed E-state index contributed by atoms with van der Waals surface area (Å²) in [4.78, 5) is 14.5. The van der Waals surface area contributed by atoms with E-state index in [1.165, 1.54) is 0 Å². The zero-order chi connectivity index (χ0) is 18.9. The van der Waals surface area contributed by atoms with E-state index >= 15 is 0 Å². The molecule has 1 saturated heterocycles. The molecular weight excluding hydrogens is 352 g/mol. The second kappa shape index (κ2) is 7.68. The van der Waals surface area contributed by atoms with Gasteiger partial charge >= 0.3 is 0 Å². The fraction of sp³-hybridized carbons (Fsp3) is 0.778. The number of hydrogen-bond donors (Lipinski definition) is 1. The number of carbonyl (C=O) groups is 1. The van der Waals surface area contributed by atoms with Crippen molar-refractivity contribution in [3.05, 3.63) is 17.0 Å². The Bertz CT molecular complexity index is 766. The van der Waals surface area contributed by atoms with Crippen LogP contribution in [0.4, 0.5) is 0 Å². The second-order valence-electron chi connectivity index (χ2n) is 7.70. The predicted octanol–water partition coefficient (Wildman–Crippen LogP) is 1.43. The van der Waals surface area contributed by atoms with E-state index in [1.54, 1.807) is 9.58 Å². The van der Waals surface area contributed by atoms with Crippen LogP contribution in [0.1, 0.15) is 55.5 Å². The molecule has 1 N–H and O–H groups in total. The fourth-order valence-corrected chi connectivity index (χ4v) is 5.87. The monoisotopic (exact) mass is 382 g/mol. The number of carbonyl (C=O) groups excluding carboxylic acids is 1. The van der Waals surface area contributed by atoms with Gasteiger partial charge in [0, 0.05) is 37.4 Å². The Hall–Kier alpha value is -1.41. The third-order valence-corrected chi connectivity index (χ3v) is 7.77. The third kappa shape index (κ3) is 4.11. The van der Waals surface area contributed by atoms with Crippen LogP contribution in [0.15, 0.2) is 0 Å². The quantitative estimate of drug-likeness (QED) is 0.835. The van der Waals surface area contributed by atoms with Crippen LogP contribution in [-0.2, 0) is 28.3 Å². The summed E-state index contributed by atoms with van der Waals surface area (Å²) in [6.45, 7) is 4.79. The van der Waals surface area contributed by atoms with Crippen molar-refractivity contribution in [1.29, 1.82) is 0 Å².